The number of hydrogen-bond acceptors (Lipinski definition) is 2. The van der Waals surface area contributed by atoms with E-state index in [-0.39, 0.29) is 0 Å². The van der Waals surface area contributed by atoms with Crippen LogP contribution in [0.25, 0.3) is 0 Å². The largest absolute Gasteiger partial charge is 0.495 e. The molecule has 0 saturated carbocycles. The van der Waals surface area contributed by atoms with Gasteiger partial charge in [0, 0.05) is 18.3 Å². The van der Waals surface area contributed by atoms with Gasteiger partial charge in [0.1, 0.15) is 5.75 Å². The molecule has 2 aromatic rings. The minimum absolute atomic E-state index is 0.813. The quantitative estimate of drug-likeness (QED) is 0.883. The van der Waals surface area contributed by atoms with Crippen molar-refractivity contribution in [3.05, 3.63) is 57.6 Å². The number of benzene rings is 2. The summed E-state index contributed by atoms with van der Waals surface area (Å²) >= 11 is 3.45. The molecule has 0 fully saturated rings. The summed E-state index contributed by atoms with van der Waals surface area (Å²) in [6, 6.07) is 12.6. The van der Waals surface area contributed by atoms with Crippen molar-refractivity contribution >= 4 is 21.6 Å². The summed E-state index contributed by atoms with van der Waals surface area (Å²) < 4.78 is 6.25. The summed E-state index contributed by atoms with van der Waals surface area (Å²) in [5, 5.41) is 3.42. The number of halogens is 1. The Kier molecular flexibility index (Phi) is 4.48. The average Bonchev–Trinajstić information content (AvgIpc) is 2.36. The predicted molar refractivity (Wildman–Crippen MR) is 83.9 cm³/mol. The standard InChI is InChI=1S/C16H18BrNO/c1-11-6-12(2)8-13(7-11)10-18-14-4-5-15(17)16(9-14)19-3/h4-9,18H,10H2,1-3H3. The first-order valence-corrected chi connectivity index (χ1v) is 7.02. The summed E-state index contributed by atoms with van der Waals surface area (Å²) in [5.74, 6) is 0.838. The van der Waals surface area contributed by atoms with Crippen LogP contribution in [0.15, 0.2) is 40.9 Å². The van der Waals surface area contributed by atoms with E-state index in [1.165, 1.54) is 16.7 Å². The SMILES string of the molecule is COc1cc(NCc2cc(C)cc(C)c2)ccc1Br. The molecule has 0 aromatic heterocycles. The lowest BCUT2D eigenvalue weighted by Crippen LogP contribution is -2.00. The van der Waals surface area contributed by atoms with Gasteiger partial charge in [0.25, 0.3) is 0 Å². The van der Waals surface area contributed by atoms with Gasteiger partial charge < -0.3 is 10.1 Å². The van der Waals surface area contributed by atoms with Gasteiger partial charge in [-0.05, 0) is 47.5 Å². The zero-order valence-electron chi connectivity index (χ0n) is 11.5. The second-order valence-electron chi connectivity index (χ2n) is 4.70. The van der Waals surface area contributed by atoms with E-state index in [4.69, 9.17) is 4.74 Å². The summed E-state index contributed by atoms with van der Waals surface area (Å²) in [5.41, 5.74) is 4.94. The predicted octanol–water partition coefficient (Wildman–Crippen LogP) is 4.69. The first-order chi connectivity index (χ1) is 9.08. The van der Waals surface area contributed by atoms with Crippen molar-refractivity contribution in [3.8, 4) is 5.75 Å². The maximum atomic E-state index is 5.29. The van der Waals surface area contributed by atoms with Crippen molar-refractivity contribution in [2.24, 2.45) is 0 Å². The van der Waals surface area contributed by atoms with Gasteiger partial charge in [-0.15, -0.1) is 0 Å². The van der Waals surface area contributed by atoms with Crippen LogP contribution in [0.2, 0.25) is 0 Å². The van der Waals surface area contributed by atoms with Crippen molar-refractivity contribution < 1.29 is 4.74 Å². The molecule has 0 aliphatic rings. The average molecular weight is 320 g/mol. The van der Waals surface area contributed by atoms with E-state index in [1.807, 2.05) is 18.2 Å². The Hall–Kier alpha value is -1.48. The smallest absolute Gasteiger partial charge is 0.135 e. The Balaban J connectivity index is 2.10. The van der Waals surface area contributed by atoms with Gasteiger partial charge in [-0.3, -0.25) is 0 Å². The van der Waals surface area contributed by atoms with Crippen LogP contribution < -0.4 is 10.1 Å². The molecule has 1 N–H and O–H groups in total. The first-order valence-electron chi connectivity index (χ1n) is 6.23. The molecule has 2 rings (SSSR count). The molecule has 0 radical (unpaired) electrons. The first kappa shape index (κ1) is 13.9. The van der Waals surface area contributed by atoms with Crippen LogP contribution in [0.1, 0.15) is 16.7 Å². The van der Waals surface area contributed by atoms with Crippen LogP contribution in [0, 0.1) is 13.8 Å². The zero-order chi connectivity index (χ0) is 13.8. The fourth-order valence-electron chi connectivity index (χ4n) is 2.14. The second-order valence-corrected chi connectivity index (χ2v) is 5.55. The van der Waals surface area contributed by atoms with E-state index in [2.05, 4.69) is 53.3 Å². The fourth-order valence-corrected chi connectivity index (χ4v) is 2.55. The van der Waals surface area contributed by atoms with Crippen LogP contribution in [-0.4, -0.2) is 7.11 Å². The molecular weight excluding hydrogens is 302 g/mol. The lowest BCUT2D eigenvalue weighted by atomic mass is 10.1. The molecule has 100 valence electrons. The van der Waals surface area contributed by atoms with Gasteiger partial charge in [0.15, 0.2) is 0 Å². The minimum atomic E-state index is 0.813. The van der Waals surface area contributed by atoms with Crippen molar-refractivity contribution in [2.45, 2.75) is 20.4 Å². The van der Waals surface area contributed by atoms with Crippen molar-refractivity contribution in [1.29, 1.82) is 0 Å². The molecule has 0 bridgehead atoms. The molecule has 0 aliphatic heterocycles. The Morgan fingerprint density at radius 3 is 2.37 bits per heavy atom. The van der Waals surface area contributed by atoms with Gasteiger partial charge in [-0.1, -0.05) is 29.3 Å². The molecule has 2 aromatic carbocycles. The lowest BCUT2D eigenvalue weighted by molar-refractivity contribution is 0.412. The summed E-state index contributed by atoms with van der Waals surface area (Å²) in [6.45, 7) is 5.06. The topological polar surface area (TPSA) is 21.3 Å². The van der Waals surface area contributed by atoms with Crippen LogP contribution in [0.4, 0.5) is 5.69 Å². The van der Waals surface area contributed by atoms with E-state index in [0.29, 0.717) is 0 Å². The van der Waals surface area contributed by atoms with Crippen molar-refractivity contribution in [2.75, 3.05) is 12.4 Å². The maximum absolute atomic E-state index is 5.29. The maximum Gasteiger partial charge on any atom is 0.135 e. The molecule has 0 atom stereocenters. The normalized spacial score (nSPS) is 10.3. The third kappa shape index (κ3) is 3.74. The Morgan fingerprint density at radius 1 is 1.05 bits per heavy atom. The highest BCUT2D eigenvalue weighted by Crippen LogP contribution is 2.28. The molecule has 0 amide bonds. The third-order valence-corrected chi connectivity index (χ3v) is 3.58. The third-order valence-electron chi connectivity index (χ3n) is 2.93. The number of nitrogens with one attached hydrogen (secondary N) is 1. The number of aryl methyl sites for hydroxylation is 2. The van der Waals surface area contributed by atoms with Gasteiger partial charge in [0.05, 0.1) is 11.6 Å². The number of hydrogen-bond donors (Lipinski definition) is 1. The molecule has 0 unspecified atom stereocenters. The van der Waals surface area contributed by atoms with Gasteiger partial charge in [0.2, 0.25) is 0 Å². The van der Waals surface area contributed by atoms with Crippen molar-refractivity contribution in [1.82, 2.24) is 0 Å². The highest BCUT2D eigenvalue weighted by atomic mass is 79.9. The summed E-state index contributed by atoms with van der Waals surface area (Å²) in [6.07, 6.45) is 0. The molecule has 0 saturated heterocycles. The molecule has 0 aliphatic carbocycles. The minimum Gasteiger partial charge on any atom is -0.495 e. The lowest BCUT2D eigenvalue weighted by Gasteiger charge is -2.10. The van der Waals surface area contributed by atoms with E-state index in [0.717, 1.165) is 22.5 Å². The number of ether oxygens (including phenoxy) is 1. The number of anilines is 1. The molecule has 2 nitrogen and oxygen atoms in total. The van der Waals surface area contributed by atoms with Crippen LogP contribution >= 0.6 is 15.9 Å². The molecular formula is C16H18BrNO. The van der Waals surface area contributed by atoms with E-state index >= 15 is 0 Å². The van der Waals surface area contributed by atoms with Crippen LogP contribution in [0.5, 0.6) is 5.75 Å². The molecule has 3 heteroatoms. The zero-order valence-corrected chi connectivity index (χ0v) is 13.0. The molecule has 19 heavy (non-hydrogen) atoms. The Bertz CT molecular complexity index is 561. The number of methoxy groups -OCH3 is 1. The molecule has 0 spiro atoms. The highest BCUT2D eigenvalue weighted by Gasteiger charge is 2.02. The Morgan fingerprint density at radius 2 is 1.74 bits per heavy atom. The van der Waals surface area contributed by atoms with E-state index in [1.54, 1.807) is 7.11 Å². The van der Waals surface area contributed by atoms with Crippen LogP contribution in [-0.2, 0) is 6.54 Å². The van der Waals surface area contributed by atoms with E-state index in [9.17, 15) is 0 Å². The van der Waals surface area contributed by atoms with Crippen LogP contribution in [0.3, 0.4) is 0 Å². The van der Waals surface area contributed by atoms with Gasteiger partial charge in [-0.25, -0.2) is 0 Å². The summed E-state index contributed by atoms with van der Waals surface area (Å²) in [7, 11) is 1.67. The Labute approximate surface area is 122 Å². The van der Waals surface area contributed by atoms with Gasteiger partial charge in [-0.2, -0.15) is 0 Å². The second kappa shape index (κ2) is 6.11. The number of rotatable bonds is 4. The molecule has 0 heterocycles. The fraction of sp³-hybridized carbons (Fsp3) is 0.250. The van der Waals surface area contributed by atoms with Gasteiger partial charge >= 0.3 is 0 Å². The van der Waals surface area contributed by atoms with E-state index < -0.39 is 0 Å². The summed E-state index contributed by atoms with van der Waals surface area (Å²) in [4.78, 5) is 0. The highest BCUT2D eigenvalue weighted by molar-refractivity contribution is 9.10. The monoisotopic (exact) mass is 319 g/mol. The van der Waals surface area contributed by atoms with Crippen molar-refractivity contribution in [3.63, 3.8) is 0 Å².